The Bertz CT molecular complexity index is 375. The van der Waals surface area contributed by atoms with Crippen molar-refractivity contribution in [2.75, 3.05) is 12.3 Å². The van der Waals surface area contributed by atoms with Crippen molar-refractivity contribution >= 4 is 28.3 Å². The second-order valence-electron chi connectivity index (χ2n) is 3.31. The molecular weight excluding hydrogens is 236 g/mol. The van der Waals surface area contributed by atoms with Crippen LogP contribution < -0.4 is 0 Å². The van der Waals surface area contributed by atoms with Crippen molar-refractivity contribution in [1.29, 1.82) is 0 Å². The molecule has 1 saturated heterocycles. The number of nitrogens with zero attached hydrogens (tertiary/aromatic N) is 1. The van der Waals surface area contributed by atoms with Crippen molar-refractivity contribution in [1.82, 2.24) is 4.90 Å². The Kier molecular flexibility index (Phi) is 3.21. The van der Waals surface area contributed by atoms with E-state index < -0.39 is 11.6 Å². The summed E-state index contributed by atoms with van der Waals surface area (Å²) in [5, 5.41) is 0. The molecule has 1 nitrogen and oxygen atoms in total. The highest BCUT2D eigenvalue weighted by Crippen LogP contribution is 2.20. The van der Waals surface area contributed by atoms with Crippen LogP contribution in [-0.2, 0) is 6.54 Å². The van der Waals surface area contributed by atoms with Crippen molar-refractivity contribution in [3.05, 3.63) is 35.4 Å². The first-order valence-corrected chi connectivity index (χ1v) is 5.91. The van der Waals surface area contributed by atoms with Crippen molar-refractivity contribution in [2.45, 2.75) is 6.54 Å². The lowest BCUT2D eigenvalue weighted by atomic mass is 10.2. The summed E-state index contributed by atoms with van der Waals surface area (Å²) in [7, 11) is 0. The summed E-state index contributed by atoms with van der Waals surface area (Å²) in [4.78, 5) is 1.95. The summed E-state index contributed by atoms with van der Waals surface area (Å²) in [6, 6.07) is 3.56. The first kappa shape index (κ1) is 10.8. The van der Waals surface area contributed by atoms with Crippen LogP contribution in [0, 0.1) is 11.6 Å². The number of thioether (sulfide) groups is 1. The smallest absolute Gasteiger partial charge is 0.136 e. The molecule has 0 aromatic heterocycles. The molecule has 1 aromatic rings. The van der Waals surface area contributed by atoms with Gasteiger partial charge in [-0.05, 0) is 17.7 Å². The summed E-state index contributed by atoms with van der Waals surface area (Å²) in [5.41, 5.74) is 0.623. The molecule has 1 aliphatic heterocycles. The van der Waals surface area contributed by atoms with Gasteiger partial charge in [-0.2, -0.15) is 0 Å². The number of hydrogen-bond donors (Lipinski definition) is 0. The quantitative estimate of drug-likeness (QED) is 0.738. The highest BCUT2D eigenvalue weighted by atomic mass is 32.2. The van der Waals surface area contributed by atoms with Gasteiger partial charge in [0, 0.05) is 24.9 Å². The second-order valence-corrected chi connectivity index (χ2v) is 5.04. The lowest BCUT2D eigenvalue weighted by Gasteiger charge is -2.16. The minimum Gasteiger partial charge on any atom is -0.352 e. The van der Waals surface area contributed by atoms with Gasteiger partial charge in [0.25, 0.3) is 0 Å². The van der Waals surface area contributed by atoms with Gasteiger partial charge >= 0.3 is 0 Å². The van der Waals surface area contributed by atoms with Gasteiger partial charge in [0.1, 0.15) is 16.0 Å². The fourth-order valence-corrected chi connectivity index (χ4v) is 2.72. The Morgan fingerprint density at radius 3 is 2.47 bits per heavy atom. The highest BCUT2D eigenvalue weighted by molar-refractivity contribution is 8.23. The lowest BCUT2D eigenvalue weighted by Crippen LogP contribution is -2.22. The molecule has 0 spiro atoms. The molecule has 0 aliphatic carbocycles. The third-order valence-corrected chi connectivity index (χ3v) is 3.64. The van der Waals surface area contributed by atoms with Gasteiger partial charge in [0.15, 0.2) is 0 Å². The lowest BCUT2D eigenvalue weighted by molar-refractivity contribution is 0.459. The molecule has 0 radical (unpaired) electrons. The maximum atomic E-state index is 12.9. The van der Waals surface area contributed by atoms with E-state index in [2.05, 4.69) is 0 Å². The van der Waals surface area contributed by atoms with Gasteiger partial charge in [-0.25, -0.2) is 8.78 Å². The van der Waals surface area contributed by atoms with Crippen LogP contribution in [-0.4, -0.2) is 21.5 Å². The Hall–Kier alpha value is -0.680. The number of rotatable bonds is 2. The van der Waals surface area contributed by atoms with E-state index in [1.807, 2.05) is 4.90 Å². The van der Waals surface area contributed by atoms with Crippen LogP contribution in [0.5, 0.6) is 0 Å². The fourth-order valence-electron chi connectivity index (χ4n) is 1.49. The first-order chi connectivity index (χ1) is 7.15. The molecule has 15 heavy (non-hydrogen) atoms. The summed E-state index contributed by atoms with van der Waals surface area (Å²) < 4.78 is 26.6. The van der Waals surface area contributed by atoms with Gasteiger partial charge in [-0.15, -0.1) is 0 Å². The molecule has 5 heteroatoms. The van der Waals surface area contributed by atoms with Crippen LogP contribution in [0.4, 0.5) is 8.78 Å². The fraction of sp³-hybridized carbons (Fsp3) is 0.300. The van der Waals surface area contributed by atoms with E-state index in [-0.39, 0.29) is 0 Å². The molecule has 0 atom stereocenters. The van der Waals surface area contributed by atoms with Crippen LogP contribution in [0.3, 0.4) is 0 Å². The number of hydrogen-bond acceptors (Lipinski definition) is 2. The van der Waals surface area contributed by atoms with Crippen molar-refractivity contribution < 1.29 is 8.78 Å². The minimum atomic E-state index is -0.539. The Balaban J connectivity index is 2.13. The molecule has 0 bridgehead atoms. The minimum absolute atomic E-state index is 0.487. The topological polar surface area (TPSA) is 3.24 Å². The van der Waals surface area contributed by atoms with Gasteiger partial charge in [0.2, 0.25) is 0 Å². The molecule has 2 rings (SSSR count). The Morgan fingerprint density at radius 2 is 1.93 bits per heavy atom. The average molecular weight is 245 g/mol. The van der Waals surface area contributed by atoms with E-state index in [0.717, 1.165) is 22.7 Å². The third-order valence-electron chi connectivity index (χ3n) is 2.14. The van der Waals surface area contributed by atoms with E-state index in [9.17, 15) is 8.78 Å². The van der Waals surface area contributed by atoms with Crippen LogP contribution in [0.15, 0.2) is 18.2 Å². The molecule has 0 amide bonds. The van der Waals surface area contributed by atoms with E-state index >= 15 is 0 Å². The molecular formula is C10H9F2NS2. The largest absolute Gasteiger partial charge is 0.352 e. The number of halogens is 2. The maximum absolute atomic E-state index is 12.9. The molecule has 80 valence electrons. The molecule has 1 aliphatic rings. The zero-order valence-corrected chi connectivity index (χ0v) is 9.51. The number of benzene rings is 1. The Labute approximate surface area is 96.5 Å². The van der Waals surface area contributed by atoms with E-state index in [0.29, 0.717) is 12.1 Å². The van der Waals surface area contributed by atoms with Gasteiger partial charge in [-0.1, -0.05) is 24.0 Å². The summed E-state index contributed by atoms with van der Waals surface area (Å²) in [5.74, 6) is -0.123. The molecule has 1 fully saturated rings. The van der Waals surface area contributed by atoms with E-state index in [1.165, 1.54) is 12.1 Å². The van der Waals surface area contributed by atoms with Gasteiger partial charge in [0.05, 0.1) is 0 Å². The molecule has 1 aromatic carbocycles. The molecule has 0 saturated carbocycles. The number of thiocarbonyl (C=S) groups is 1. The molecule has 0 unspecified atom stereocenters. The van der Waals surface area contributed by atoms with Crippen LogP contribution >= 0.6 is 24.0 Å². The summed E-state index contributed by atoms with van der Waals surface area (Å²) in [6.45, 7) is 1.34. The van der Waals surface area contributed by atoms with Gasteiger partial charge < -0.3 is 4.90 Å². The molecule has 0 N–H and O–H groups in total. The monoisotopic (exact) mass is 245 g/mol. The van der Waals surface area contributed by atoms with Crippen molar-refractivity contribution in [2.24, 2.45) is 0 Å². The van der Waals surface area contributed by atoms with E-state index in [1.54, 1.807) is 11.8 Å². The van der Waals surface area contributed by atoms with E-state index in [4.69, 9.17) is 12.2 Å². The maximum Gasteiger partial charge on any atom is 0.136 e. The zero-order valence-electron chi connectivity index (χ0n) is 7.87. The standard InChI is InChI=1S/C10H9F2NS2/c11-8-3-7(4-9(12)5-8)6-13-1-2-15-10(13)14/h3-5H,1-2,6H2. The predicted molar refractivity (Wildman–Crippen MR) is 61.8 cm³/mol. The summed E-state index contributed by atoms with van der Waals surface area (Å²) in [6.07, 6.45) is 0. The van der Waals surface area contributed by atoms with Crippen LogP contribution in [0.25, 0.3) is 0 Å². The third kappa shape index (κ3) is 2.66. The summed E-state index contributed by atoms with van der Waals surface area (Å²) >= 11 is 6.71. The second kappa shape index (κ2) is 4.45. The zero-order chi connectivity index (χ0) is 10.8. The first-order valence-electron chi connectivity index (χ1n) is 4.52. The predicted octanol–water partition coefficient (Wildman–Crippen LogP) is 2.80. The normalized spacial score (nSPS) is 16.1. The highest BCUT2D eigenvalue weighted by Gasteiger charge is 2.17. The van der Waals surface area contributed by atoms with Crippen LogP contribution in [0.2, 0.25) is 0 Å². The van der Waals surface area contributed by atoms with Crippen LogP contribution in [0.1, 0.15) is 5.56 Å². The van der Waals surface area contributed by atoms with Crippen molar-refractivity contribution in [3.63, 3.8) is 0 Å². The van der Waals surface area contributed by atoms with Crippen molar-refractivity contribution in [3.8, 4) is 0 Å². The SMILES string of the molecule is Fc1cc(F)cc(CN2CCSC2=S)c1. The van der Waals surface area contributed by atoms with Gasteiger partial charge in [-0.3, -0.25) is 0 Å². The molecule has 1 heterocycles. The Morgan fingerprint density at radius 1 is 1.27 bits per heavy atom. The average Bonchev–Trinajstić information content (AvgIpc) is 2.50.